The number of nitrogens with zero attached hydrogens (tertiary/aromatic N) is 3. The van der Waals surface area contributed by atoms with Crippen LogP contribution < -0.4 is 14.9 Å². The first kappa shape index (κ1) is 23.4. The third kappa shape index (κ3) is 7.13. The summed E-state index contributed by atoms with van der Waals surface area (Å²) in [6.07, 6.45) is 1.51. The molecule has 11 heteroatoms. The molecular formula is C20H19ClN4O3S3. The number of nitrogens with one attached hydrogen (secondary N) is 1. The normalized spacial score (nSPS) is 10.9. The van der Waals surface area contributed by atoms with Gasteiger partial charge in [-0.05, 0) is 29.8 Å². The molecule has 2 aromatic carbocycles. The number of halogens is 1. The van der Waals surface area contributed by atoms with Crippen molar-refractivity contribution in [2.45, 2.75) is 14.4 Å². The second-order valence-corrected chi connectivity index (χ2v) is 9.73. The standard InChI is InChI=1S/C20H19ClN4O3S3/c1-27-15-7-8-17(28-2)14(9-15)10-22-23-18(26)12-30-20-25-24-19(31-20)29-11-13-5-3-4-6-16(13)21/h3-10H,11-12H2,1-2H3,(H,23,26). The number of aromatic nitrogens is 2. The van der Waals surface area contributed by atoms with E-state index >= 15 is 0 Å². The lowest BCUT2D eigenvalue weighted by Gasteiger charge is -2.06. The van der Waals surface area contributed by atoms with E-state index in [0.717, 1.165) is 19.3 Å². The second-order valence-electron chi connectivity index (χ2n) is 5.90. The number of methoxy groups -OCH3 is 2. The number of hydrogen-bond acceptors (Lipinski definition) is 9. The van der Waals surface area contributed by atoms with Gasteiger partial charge in [0.25, 0.3) is 5.91 Å². The Labute approximate surface area is 197 Å². The molecule has 1 N–H and O–H groups in total. The number of amides is 1. The molecule has 0 aliphatic carbocycles. The Balaban J connectivity index is 1.46. The number of carbonyl (C=O) groups is 1. The minimum atomic E-state index is -0.247. The quantitative estimate of drug-likeness (QED) is 0.247. The second kappa shape index (κ2) is 11.9. The van der Waals surface area contributed by atoms with E-state index < -0.39 is 0 Å². The number of hydrazone groups is 1. The van der Waals surface area contributed by atoms with Crippen molar-refractivity contribution < 1.29 is 14.3 Å². The molecule has 3 aromatic rings. The van der Waals surface area contributed by atoms with Crippen LogP contribution in [0, 0.1) is 0 Å². The van der Waals surface area contributed by atoms with Crippen molar-refractivity contribution >= 4 is 58.6 Å². The van der Waals surface area contributed by atoms with Gasteiger partial charge >= 0.3 is 0 Å². The molecular weight excluding hydrogens is 476 g/mol. The minimum absolute atomic E-state index is 0.177. The fourth-order valence-electron chi connectivity index (χ4n) is 2.34. The lowest BCUT2D eigenvalue weighted by molar-refractivity contribution is -0.118. The molecule has 0 aliphatic heterocycles. The number of ether oxygens (including phenoxy) is 2. The summed E-state index contributed by atoms with van der Waals surface area (Å²) in [5.74, 6) is 1.94. The SMILES string of the molecule is COc1ccc(OC)c(C=NNC(=O)CSc2nnc(SCc3ccccc3Cl)s2)c1. The average Bonchev–Trinajstić information content (AvgIpc) is 3.25. The molecule has 1 heterocycles. The Morgan fingerprint density at radius 2 is 1.94 bits per heavy atom. The van der Waals surface area contributed by atoms with Crippen LogP contribution in [0.2, 0.25) is 5.02 Å². The first-order valence-electron chi connectivity index (χ1n) is 8.95. The topological polar surface area (TPSA) is 85.7 Å². The van der Waals surface area contributed by atoms with Crippen LogP contribution in [0.5, 0.6) is 11.5 Å². The fourth-order valence-corrected chi connectivity index (χ4v) is 5.44. The molecule has 0 unspecified atom stereocenters. The van der Waals surface area contributed by atoms with Crippen molar-refractivity contribution in [1.82, 2.24) is 15.6 Å². The molecule has 0 fully saturated rings. The van der Waals surface area contributed by atoms with E-state index in [2.05, 4.69) is 20.7 Å². The Kier molecular flexibility index (Phi) is 9.01. The van der Waals surface area contributed by atoms with Crippen LogP contribution >= 0.6 is 46.5 Å². The van der Waals surface area contributed by atoms with Crippen LogP contribution in [0.1, 0.15) is 11.1 Å². The third-order valence-electron chi connectivity index (χ3n) is 3.85. The number of thioether (sulfide) groups is 2. The largest absolute Gasteiger partial charge is 0.497 e. The smallest absolute Gasteiger partial charge is 0.250 e. The zero-order chi connectivity index (χ0) is 22.1. The van der Waals surface area contributed by atoms with Gasteiger partial charge in [-0.2, -0.15) is 5.10 Å². The van der Waals surface area contributed by atoms with Crippen molar-refractivity contribution in [2.24, 2.45) is 5.10 Å². The summed E-state index contributed by atoms with van der Waals surface area (Å²) in [5, 5.41) is 13.0. The van der Waals surface area contributed by atoms with E-state index in [1.165, 1.54) is 29.3 Å². The number of rotatable bonds is 10. The summed E-state index contributed by atoms with van der Waals surface area (Å²) >= 11 is 10.5. The van der Waals surface area contributed by atoms with Crippen LogP contribution in [-0.2, 0) is 10.5 Å². The van der Waals surface area contributed by atoms with Gasteiger partial charge in [0.05, 0.1) is 26.2 Å². The molecule has 3 rings (SSSR count). The Morgan fingerprint density at radius 3 is 2.68 bits per heavy atom. The van der Waals surface area contributed by atoms with Gasteiger partial charge in [-0.15, -0.1) is 10.2 Å². The van der Waals surface area contributed by atoms with Gasteiger partial charge in [-0.1, -0.05) is 64.7 Å². The van der Waals surface area contributed by atoms with E-state index in [0.29, 0.717) is 22.8 Å². The predicted octanol–water partition coefficient (Wildman–Crippen LogP) is 4.74. The van der Waals surface area contributed by atoms with E-state index in [1.807, 2.05) is 24.3 Å². The maximum Gasteiger partial charge on any atom is 0.250 e. The van der Waals surface area contributed by atoms with Gasteiger partial charge in [0.15, 0.2) is 8.68 Å². The molecule has 31 heavy (non-hydrogen) atoms. The molecule has 0 radical (unpaired) electrons. The average molecular weight is 495 g/mol. The number of benzene rings is 2. The zero-order valence-electron chi connectivity index (χ0n) is 16.7. The van der Waals surface area contributed by atoms with E-state index in [9.17, 15) is 4.79 Å². The van der Waals surface area contributed by atoms with E-state index in [1.54, 1.807) is 44.2 Å². The molecule has 162 valence electrons. The highest BCUT2D eigenvalue weighted by Crippen LogP contribution is 2.32. The van der Waals surface area contributed by atoms with Crippen LogP contribution in [0.3, 0.4) is 0 Å². The lowest BCUT2D eigenvalue weighted by atomic mass is 10.2. The summed E-state index contributed by atoms with van der Waals surface area (Å²) in [4.78, 5) is 12.1. The van der Waals surface area contributed by atoms with Crippen molar-refractivity contribution in [2.75, 3.05) is 20.0 Å². The highest BCUT2D eigenvalue weighted by atomic mass is 35.5. The van der Waals surface area contributed by atoms with Gasteiger partial charge < -0.3 is 9.47 Å². The number of carbonyl (C=O) groups excluding carboxylic acids is 1. The van der Waals surface area contributed by atoms with Crippen LogP contribution in [0.15, 0.2) is 56.2 Å². The van der Waals surface area contributed by atoms with Gasteiger partial charge in [-0.3, -0.25) is 4.79 Å². The summed E-state index contributed by atoms with van der Waals surface area (Å²) in [5.41, 5.74) is 4.24. The highest BCUT2D eigenvalue weighted by Gasteiger charge is 2.10. The van der Waals surface area contributed by atoms with Gasteiger partial charge in [-0.25, -0.2) is 5.43 Å². The molecule has 0 saturated carbocycles. The molecule has 0 spiro atoms. The number of hydrogen-bond donors (Lipinski definition) is 1. The van der Waals surface area contributed by atoms with Gasteiger partial charge in [0, 0.05) is 16.3 Å². The summed E-state index contributed by atoms with van der Waals surface area (Å²) in [6, 6.07) is 13.0. The molecule has 7 nitrogen and oxygen atoms in total. The first-order chi connectivity index (χ1) is 15.1. The maximum absolute atomic E-state index is 12.1. The van der Waals surface area contributed by atoms with Crippen molar-refractivity contribution in [1.29, 1.82) is 0 Å². The van der Waals surface area contributed by atoms with E-state index in [4.69, 9.17) is 21.1 Å². The summed E-state index contributed by atoms with van der Waals surface area (Å²) in [6.45, 7) is 0. The first-order valence-corrected chi connectivity index (χ1v) is 12.1. The Hall–Kier alpha value is -2.27. The Morgan fingerprint density at radius 1 is 1.16 bits per heavy atom. The minimum Gasteiger partial charge on any atom is -0.497 e. The van der Waals surface area contributed by atoms with Gasteiger partial charge in [0.2, 0.25) is 0 Å². The van der Waals surface area contributed by atoms with Crippen LogP contribution in [0.4, 0.5) is 0 Å². The van der Waals surface area contributed by atoms with Crippen molar-refractivity contribution in [3.8, 4) is 11.5 Å². The summed E-state index contributed by atoms with van der Waals surface area (Å²) in [7, 11) is 3.15. The van der Waals surface area contributed by atoms with Crippen molar-refractivity contribution in [3.63, 3.8) is 0 Å². The zero-order valence-corrected chi connectivity index (χ0v) is 19.9. The van der Waals surface area contributed by atoms with Crippen LogP contribution in [-0.4, -0.2) is 42.3 Å². The molecule has 0 atom stereocenters. The molecule has 1 amide bonds. The highest BCUT2D eigenvalue weighted by molar-refractivity contribution is 8.03. The molecule has 1 aromatic heterocycles. The maximum atomic E-state index is 12.1. The fraction of sp³-hybridized carbons (Fsp3) is 0.200. The lowest BCUT2D eigenvalue weighted by Crippen LogP contribution is -2.19. The molecule has 0 saturated heterocycles. The van der Waals surface area contributed by atoms with Gasteiger partial charge in [0.1, 0.15) is 11.5 Å². The Bertz CT molecular complexity index is 1060. The van der Waals surface area contributed by atoms with Crippen LogP contribution in [0.25, 0.3) is 0 Å². The monoisotopic (exact) mass is 494 g/mol. The van der Waals surface area contributed by atoms with E-state index in [-0.39, 0.29) is 11.7 Å². The molecule has 0 bridgehead atoms. The third-order valence-corrected chi connectivity index (χ3v) is 7.46. The van der Waals surface area contributed by atoms with Crippen molar-refractivity contribution in [3.05, 3.63) is 58.6 Å². The molecule has 0 aliphatic rings. The summed E-state index contributed by atoms with van der Waals surface area (Å²) < 4.78 is 12.0. The predicted molar refractivity (Wildman–Crippen MR) is 127 cm³/mol.